The van der Waals surface area contributed by atoms with Crippen LogP contribution in [0.25, 0.3) is 0 Å². The van der Waals surface area contributed by atoms with Gasteiger partial charge in [0.05, 0.1) is 12.1 Å². The Morgan fingerprint density at radius 3 is 2.88 bits per heavy atom. The second-order valence-corrected chi connectivity index (χ2v) is 6.38. The minimum Gasteiger partial charge on any atom is -0.481 e. The van der Waals surface area contributed by atoms with E-state index >= 15 is 0 Å². The highest BCUT2D eigenvalue weighted by Crippen LogP contribution is 2.22. The molecule has 0 atom stereocenters. The van der Waals surface area contributed by atoms with Gasteiger partial charge in [-0.05, 0) is 0 Å². The van der Waals surface area contributed by atoms with Crippen LogP contribution in [-0.4, -0.2) is 44.9 Å². The van der Waals surface area contributed by atoms with Gasteiger partial charge in [-0.2, -0.15) is 0 Å². The molecule has 0 unspecified atom stereocenters. The van der Waals surface area contributed by atoms with Crippen molar-refractivity contribution in [3.8, 4) is 0 Å². The molecule has 1 saturated heterocycles. The van der Waals surface area contributed by atoms with Gasteiger partial charge in [0.25, 0.3) is 0 Å². The Balaban J connectivity index is 1.93. The fraction of sp³-hybridized carbons (Fsp3) is 0.600. The highest BCUT2D eigenvalue weighted by atomic mass is 32.2. The fourth-order valence-electron chi connectivity index (χ4n) is 1.62. The normalized spacial score (nSPS) is 17.3. The summed E-state index contributed by atoms with van der Waals surface area (Å²) in [6.45, 7) is 1.55. The summed E-state index contributed by atoms with van der Waals surface area (Å²) in [4.78, 5) is 17.0. The number of aliphatic carboxylic acids is 1. The van der Waals surface area contributed by atoms with Gasteiger partial charge in [-0.15, -0.1) is 11.3 Å². The van der Waals surface area contributed by atoms with Crippen molar-refractivity contribution >= 4 is 33.2 Å². The van der Waals surface area contributed by atoms with Crippen molar-refractivity contribution in [1.82, 2.24) is 4.98 Å². The summed E-state index contributed by atoms with van der Waals surface area (Å²) in [5, 5.41) is 11.4. The smallest absolute Gasteiger partial charge is 0.303 e. The van der Waals surface area contributed by atoms with E-state index < -0.39 is 16.8 Å². The number of carboxylic acid groups (broad SMARTS) is 1. The van der Waals surface area contributed by atoms with E-state index in [0.717, 1.165) is 23.9 Å². The molecule has 1 aromatic rings. The highest BCUT2D eigenvalue weighted by molar-refractivity contribution is 7.85. The van der Waals surface area contributed by atoms with Crippen LogP contribution in [0.15, 0.2) is 5.38 Å². The molecule has 94 valence electrons. The van der Waals surface area contributed by atoms with Crippen LogP contribution in [0.2, 0.25) is 0 Å². The summed E-state index contributed by atoms with van der Waals surface area (Å²) in [7, 11) is -0.680. The standard InChI is InChI=1S/C10H14N2O3S2/c13-9(14)2-1-8-7-16-10(11-8)12-3-5-17(15)6-4-12/h7H,1-6H2,(H,13,14). The summed E-state index contributed by atoms with van der Waals surface area (Å²) >= 11 is 1.53. The van der Waals surface area contributed by atoms with Crippen LogP contribution < -0.4 is 4.90 Å². The number of hydrogen-bond donors (Lipinski definition) is 1. The van der Waals surface area contributed by atoms with E-state index in [-0.39, 0.29) is 6.42 Å². The van der Waals surface area contributed by atoms with Gasteiger partial charge in [-0.3, -0.25) is 9.00 Å². The maximum Gasteiger partial charge on any atom is 0.303 e. The van der Waals surface area contributed by atoms with Crippen molar-refractivity contribution in [3.63, 3.8) is 0 Å². The number of anilines is 1. The lowest BCUT2D eigenvalue weighted by Gasteiger charge is -2.25. The first kappa shape index (κ1) is 12.5. The molecule has 5 nitrogen and oxygen atoms in total. The number of nitrogens with zero attached hydrogens (tertiary/aromatic N) is 2. The Hall–Kier alpha value is -0.950. The van der Waals surface area contributed by atoms with Crippen molar-refractivity contribution < 1.29 is 14.1 Å². The second kappa shape index (κ2) is 5.59. The van der Waals surface area contributed by atoms with Gasteiger partial charge in [0.1, 0.15) is 0 Å². The molecule has 0 saturated carbocycles. The zero-order valence-corrected chi connectivity index (χ0v) is 10.9. The third-order valence-corrected chi connectivity index (χ3v) is 4.81. The van der Waals surface area contributed by atoms with Crippen LogP contribution in [0.4, 0.5) is 5.13 Å². The Bertz CT molecular complexity index is 423. The van der Waals surface area contributed by atoms with Crippen LogP contribution in [0, 0.1) is 0 Å². The molecule has 0 amide bonds. The molecule has 1 aliphatic heterocycles. The molecule has 1 aromatic heterocycles. The highest BCUT2D eigenvalue weighted by Gasteiger charge is 2.18. The summed E-state index contributed by atoms with van der Waals surface area (Å²) in [6, 6.07) is 0. The van der Waals surface area contributed by atoms with Gasteiger partial charge in [-0.1, -0.05) is 0 Å². The number of hydrogen-bond acceptors (Lipinski definition) is 5. The van der Waals surface area contributed by atoms with Crippen molar-refractivity contribution in [2.75, 3.05) is 29.5 Å². The van der Waals surface area contributed by atoms with Gasteiger partial charge in [0.15, 0.2) is 5.13 Å². The largest absolute Gasteiger partial charge is 0.481 e. The molecule has 0 radical (unpaired) electrons. The third-order valence-electron chi connectivity index (χ3n) is 2.58. The van der Waals surface area contributed by atoms with Gasteiger partial charge >= 0.3 is 5.97 Å². The average molecular weight is 274 g/mol. The summed E-state index contributed by atoms with van der Waals surface area (Å²) < 4.78 is 11.2. The molecule has 0 spiro atoms. The van der Waals surface area contributed by atoms with Crippen molar-refractivity contribution in [1.29, 1.82) is 0 Å². The molecule has 1 fully saturated rings. The van der Waals surface area contributed by atoms with Crippen LogP contribution >= 0.6 is 11.3 Å². The topological polar surface area (TPSA) is 70.5 Å². The lowest BCUT2D eigenvalue weighted by molar-refractivity contribution is -0.136. The minimum atomic E-state index is -0.798. The number of thiazole rings is 1. The average Bonchev–Trinajstić information content (AvgIpc) is 2.76. The van der Waals surface area contributed by atoms with Crippen molar-refractivity contribution in [3.05, 3.63) is 11.1 Å². The zero-order valence-electron chi connectivity index (χ0n) is 9.29. The number of carbonyl (C=O) groups is 1. The molecule has 0 aliphatic carbocycles. The Kier molecular flexibility index (Phi) is 4.11. The van der Waals surface area contributed by atoms with E-state index in [1.807, 2.05) is 5.38 Å². The van der Waals surface area contributed by atoms with E-state index in [2.05, 4.69) is 9.88 Å². The van der Waals surface area contributed by atoms with Crippen LogP contribution in [0.5, 0.6) is 0 Å². The fourth-order valence-corrected chi connectivity index (χ4v) is 3.59. The zero-order chi connectivity index (χ0) is 12.3. The molecular weight excluding hydrogens is 260 g/mol. The summed E-state index contributed by atoms with van der Waals surface area (Å²) in [6.07, 6.45) is 0.596. The van der Waals surface area contributed by atoms with E-state index in [0.29, 0.717) is 17.9 Å². The maximum absolute atomic E-state index is 11.2. The Morgan fingerprint density at radius 2 is 2.24 bits per heavy atom. The molecule has 7 heteroatoms. The minimum absolute atomic E-state index is 0.118. The lowest BCUT2D eigenvalue weighted by Crippen LogP contribution is -2.37. The Labute approximate surface area is 106 Å². The summed E-state index contributed by atoms with van der Waals surface area (Å²) in [5.74, 6) is 0.599. The summed E-state index contributed by atoms with van der Waals surface area (Å²) in [5.41, 5.74) is 0.832. The number of rotatable bonds is 4. The first-order valence-electron chi connectivity index (χ1n) is 5.41. The molecule has 0 aromatic carbocycles. The quantitative estimate of drug-likeness (QED) is 0.876. The monoisotopic (exact) mass is 274 g/mol. The molecule has 1 N–H and O–H groups in total. The predicted octanol–water partition coefficient (Wildman–Crippen LogP) is 0.729. The SMILES string of the molecule is O=C(O)CCc1csc(N2CCS(=O)CC2)n1. The van der Waals surface area contributed by atoms with Crippen LogP contribution in [0.3, 0.4) is 0 Å². The lowest BCUT2D eigenvalue weighted by atomic mass is 10.2. The maximum atomic E-state index is 11.2. The molecule has 1 aliphatic rings. The molecule has 0 bridgehead atoms. The number of aromatic nitrogens is 1. The van der Waals surface area contributed by atoms with Gasteiger partial charge in [-0.25, -0.2) is 4.98 Å². The Morgan fingerprint density at radius 1 is 1.53 bits per heavy atom. The third kappa shape index (κ3) is 3.50. The molecule has 17 heavy (non-hydrogen) atoms. The second-order valence-electron chi connectivity index (χ2n) is 3.85. The van der Waals surface area contributed by atoms with E-state index in [1.54, 1.807) is 0 Å². The van der Waals surface area contributed by atoms with Gasteiger partial charge in [0, 0.05) is 47.2 Å². The number of aryl methyl sites for hydroxylation is 1. The molecule has 2 heterocycles. The first-order chi connectivity index (χ1) is 8.15. The molecule has 2 rings (SSSR count). The van der Waals surface area contributed by atoms with Crippen molar-refractivity contribution in [2.45, 2.75) is 12.8 Å². The van der Waals surface area contributed by atoms with E-state index in [4.69, 9.17) is 5.11 Å². The first-order valence-corrected chi connectivity index (χ1v) is 7.78. The van der Waals surface area contributed by atoms with E-state index in [1.165, 1.54) is 11.3 Å². The molecular formula is C10H14N2O3S2. The number of carboxylic acids is 1. The predicted molar refractivity (Wildman–Crippen MR) is 68.2 cm³/mol. The van der Waals surface area contributed by atoms with Gasteiger partial charge in [0.2, 0.25) is 0 Å². The van der Waals surface area contributed by atoms with Gasteiger partial charge < -0.3 is 10.0 Å². The van der Waals surface area contributed by atoms with Crippen LogP contribution in [0.1, 0.15) is 12.1 Å². The van der Waals surface area contributed by atoms with Crippen LogP contribution in [-0.2, 0) is 22.0 Å². The van der Waals surface area contributed by atoms with Crippen molar-refractivity contribution in [2.24, 2.45) is 0 Å². The van der Waals surface area contributed by atoms with E-state index in [9.17, 15) is 9.00 Å².